The number of Topliss-reactive ketones (excluding diaryl/α,β-unsaturated/α-hetero) is 1. The molecule has 0 radical (unpaired) electrons. The summed E-state index contributed by atoms with van der Waals surface area (Å²) in [4.78, 5) is 29.4. The number of nitrogens with one attached hydrogen (secondary N) is 2. The molecule has 0 bridgehead atoms. The van der Waals surface area contributed by atoms with Crippen LogP contribution >= 0.6 is 12.2 Å². The summed E-state index contributed by atoms with van der Waals surface area (Å²) in [6, 6.07) is 0. The molecular weight excluding hydrogens is 260 g/mol. The smallest absolute Gasteiger partial charge is 0.255 e. The van der Waals surface area contributed by atoms with Crippen molar-refractivity contribution >= 4 is 18.0 Å². The van der Waals surface area contributed by atoms with E-state index in [0.717, 1.165) is 5.57 Å². The van der Waals surface area contributed by atoms with Gasteiger partial charge in [-0.15, -0.1) is 0 Å². The van der Waals surface area contributed by atoms with Crippen molar-refractivity contribution < 1.29 is 4.79 Å². The molecule has 1 fully saturated rings. The van der Waals surface area contributed by atoms with Crippen LogP contribution in [0.1, 0.15) is 24.8 Å². The second-order valence-corrected chi connectivity index (χ2v) is 4.77. The number of hydrogen-bond acceptors (Lipinski definition) is 3. The third-order valence-electron chi connectivity index (χ3n) is 3.09. The molecule has 19 heavy (non-hydrogen) atoms. The highest BCUT2D eigenvalue weighted by Gasteiger charge is 2.34. The van der Waals surface area contributed by atoms with Gasteiger partial charge in [-0.2, -0.15) is 0 Å². The first-order chi connectivity index (χ1) is 9.04. The molecule has 1 aromatic heterocycles. The summed E-state index contributed by atoms with van der Waals surface area (Å²) in [5.74, 6) is -0.543. The lowest BCUT2D eigenvalue weighted by Gasteiger charge is -2.05. The average Bonchev–Trinajstić information content (AvgIpc) is 2.63. The van der Waals surface area contributed by atoms with Crippen LogP contribution in [0.25, 0.3) is 0 Å². The van der Waals surface area contributed by atoms with Crippen LogP contribution in [0.4, 0.5) is 0 Å². The molecule has 0 amide bonds. The first kappa shape index (κ1) is 13.4. The molecule has 1 aliphatic carbocycles. The van der Waals surface area contributed by atoms with Gasteiger partial charge in [0.1, 0.15) is 0 Å². The molecule has 1 atom stereocenters. The molecule has 2 N–H and O–H groups in total. The van der Waals surface area contributed by atoms with Gasteiger partial charge >= 0.3 is 0 Å². The van der Waals surface area contributed by atoms with E-state index in [0.29, 0.717) is 17.6 Å². The summed E-state index contributed by atoms with van der Waals surface area (Å²) >= 11 is 4.83. The highest BCUT2D eigenvalue weighted by Crippen LogP contribution is 2.36. The van der Waals surface area contributed by atoms with Crippen LogP contribution in [0.3, 0.4) is 0 Å². The topological polar surface area (TPSA) is 65.7 Å². The van der Waals surface area contributed by atoms with Crippen LogP contribution in [0, 0.1) is 4.77 Å². The van der Waals surface area contributed by atoms with Crippen LogP contribution in [0.5, 0.6) is 0 Å². The molecule has 2 rings (SSSR count). The van der Waals surface area contributed by atoms with Gasteiger partial charge in [0.05, 0.1) is 5.92 Å². The summed E-state index contributed by atoms with van der Waals surface area (Å²) in [5.41, 5.74) is 1.44. The molecule has 0 saturated heterocycles. The Bertz CT molecular complexity index is 707. The van der Waals surface area contributed by atoms with Gasteiger partial charge in [-0.05, 0) is 31.1 Å². The Morgan fingerprint density at radius 1 is 1.47 bits per heavy atom. The van der Waals surface area contributed by atoms with Crippen LogP contribution in [0.15, 0.2) is 46.9 Å². The predicted molar refractivity (Wildman–Crippen MR) is 76.6 cm³/mol. The number of hydrogen-bond donors (Lipinski definition) is 2. The molecule has 1 saturated carbocycles. The summed E-state index contributed by atoms with van der Waals surface area (Å²) < 4.78 is 0.253. The maximum atomic E-state index is 12.3. The molecule has 1 unspecified atom stereocenters. The lowest BCUT2D eigenvalue weighted by molar-refractivity contribution is -0.115. The zero-order valence-corrected chi connectivity index (χ0v) is 11.3. The van der Waals surface area contributed by atoms with E-state index < -0.39 is 5.92 Å². The number of aromatic nitrogens is 2. The quantitative estimate of drug-likeness (QED) is 0.643. The molecule has 1 aliphatic rings. The van der Waals surface area contributed by atoms with E-state index in [1.165, 1.54) is 6.20 Å². The van der Waals surface area contributed by atoms with E-state index in [4.69, 9.17) is 12.2 Å². The van der Waals surface area contributed by atoms with Gasteiger partial charge in [0.25, 0.3) is 5.56 Å². The minimum atomic E-state index is -0.473. The lowest BCUT2D eigenvalue weighted by atomic mass is 9.99. The maximum Gasteiger partial charge on any atom is 0.255 e. The molecular formula is C14H14N2O2S. The Morgan fingerprint density at radius 3 is 2.84 bits per heavy atom. The van der Waals surface area contributed by atoms with E-state index in [2.05, 4.69) is 16.5 Å². The molecule has 0 aliphatic heterocycles. The Hall–Kier alpha value is -2.01. The number of ketones is 1. The predicted octanol–water partition coefficient (Wildman–Crippen LogP) is 2.55. The Morgan fingerprint density at radius 2 is 2.21 bits per heavy atom. The van der Waals surface area contributed by atoms with Gasteiger partial charge in [0, 0.05) is 17.3 Å². The number of carbonyl (C=O) groups is 1. The van der Waals surface area contributed by atoms with Crippen molar-refractivity contribution in [2.45, 2.75) is 19.3 Å². The fourth-order valence-corrected chi connectivity index (χ4v) is 2.29. The summed E-state index contributed by atoms with van der Waals surface area (Å²) in [6.45, 7) is 5.77. The van der Waals surface area contributed by atoms with Crippen LogP contribution < -0.4 is 5.56 Å². The van der Waals surface area contributed by atoms with Crippen molar-refractivity contribution in [3.63, 3.8) is 0 Å². The van der Waals surface area contributed by atoms with E-state index in [9.17, 15) is 9.59 Å². The van der Waals surface area contributed by atoms with Gasteiger partial charge in [0.15, 0.2) is 10.6 Å². The SMILES string of the molecule is C=C1CC(c2c[nH]c(=S)[nH]c2=O)C(=O)/C1=C/C=C\C. The molecule has 0 spiro atoms. The van der Waals surface area contributed by atoms with Gasteiger partial charge < -0.3 is 4.98 Å². The summed E-state index contributed by atoms with van der Waals surface area (Å²) in [5, 5.41) is 0. The molecule has 0 aromatic carbocycles. The largest absolute Gasteiger partial charge is 0.338 e. The van der Waals surface area contributed by atoms with Crippen molar-refractivity contribution in [3.8, 4) is 0 Å². The monoisotopic (exact) mass is 274 g/mol. The Labute approximate surface area is 115 Å². The van der Waals surface area contributed by atoms with Crippen molar-refractivity contribution in [3.05, 3.63) is 62.8 Å². The van der Waals surface area contributed by atoms with Crippen molar-refractivity contribution in [2.24, 2.45) is 0 Å². The minimum Gasteiger partial charge on any atom is -0.338 e. The van der Waals surface area contributed by atoms with Gasteiger partial charge in [-0.1, -0.05) is 24.8 Å². The zero-order chi connectivity index (χ0) is 14.0. The van der Waals surface area contributed by atoms with Crippen LogP contribution in [-0.4, -0.2) is 15.8 Å². The number of aromatic amines is 2. The van der Waals surface area contributed by atoms with Gasteiger partial charge in [-0.25, -0.2) is 0 Å². The third kappa shape index (κ3) is 2.56. The second kappa shape index (κ2) is 5.32. The zero-order valence-electron chi connectivity index (χ0n) is 10.5. The van der Waals surface area contributed by atoms with Crippen molar-refractivity contribution in [1.29, 1.82) is 0 Å². The third-order valence-corrected chi connectivity index (χ3v) is 3.31. The minimum absolute atomic E-state index is 0.0703. The summed E-state index contributed by atoms with van der Waals surface area (Å²) in [7, 11) is 0. The highest BCUT2D eigenvalue weighted by atomic mass is 32.1. The second-order valence-electron chi connectivity index (χ2n) is 4.36. The normalized spacial score (nSPS) is 21.7. The van der Waals surface area contributed by atoms with E-state index in [-0.39, 0.29) is 16.1 Å². The standard InChI is InChI=1S/C14H14N2O2S/c1-3-4-5-9-8(2)6-10(12(9)17)11-7-15-14(19)16-13(11)18/h3-5,7,10H,2,6H2,1H3,(H2,15,16,18,19)/b4-3-,9-5+. The lowest BCUT2D eigenvalue weighted by Crippen LogP contribution is -2.19. The van der Waals surface area contributed by atoms with Gasteiger partial charge in [-0.3, -0.25) is 14.6 Å². The number of carbonyl (C=O) groups excluding carboxylic acids is 1. The van der Waals surface area contributed by atoms with Crippen molar-refractivity contribution in [1.82, 2.24) is 9.97 Å². The van der Waals surface area contributed by atoms with Gasteiger partial charge in [0.2, 0.25) is 0 Å². The fraction of sp³-hybridized carbons (Fsp3) is 0.214. The maximum absolute atomic E-state index is 12.3. The Balaban J connectivity index is 2.44. The fourth-order valence-electron chi connectivity index (χ4n) is 2.13. The number of H-pyrrole nitrogens is 2. The molecule has 4 nitrogen and oxygen atoms in total. The average molecular weight is 274 g/mol. The van der Waals surface area contributed by atoms with Crippen LogP contribution in [0.2, 0.25) is 0 Å². The Kier molecular flexibility index (Phi) is 3.76. The van der Waals surface area contributed by atoms with Crippen LogP contribution in [-0.2, 0) is 4.79 Å². The first-order valence-electron chi connectivity index (χ1n) is 5.92. The molecule has 98 valence electrons. The van der Waals surface area contributed by atoms with Crippen molar-refractivity contribution in [2.75, 3.05) is 0 Å². The van der Waals surface area contributed by atoms with E-state index >= 15 is 0 Å². The highest BCUT2D eigenvalue weighted by molar-refractivity contribution is 7.71. The number of rotatable bonds is 2. The van der Waals surface area contributed by atoms with E-state index in [1.54, 1.807) is 12.2 Å². The molecule has 5 heteroatoms. The molecule has 1 heterocycles. The molecule has 1 aromatic rings. The number of allylic oxidation sites excluding steroid dienone is 5. The van der Waals surface area contributed by atoms with E-state index in [1.807, 2.05) is 13.0 Å². The summed E-state index contributed by atoms with van der Waals surface area (Å²) in [6.07, 6.45) is 7.35. The first-order valence-corrected chi connectivity index (χ1v) is 6.32.